The van der Waals surface area contributed by atoms with Crippen molar-refractivity contribution in [3.05, 3.63) is 116 Å². The second-order valence-electron chi connectivity index (χ2n) is 8.92. The van der Waals surface area contributed by atoms with Crippen LogP contribution < -0.4 is 10.3 Å². The van der Waals surface area contributed by atoms with Crippen molar-refractivity contribution in [2.24, 2.45) is 5.10 Å². The predicted molar refractivity (Wildman–Crippen MR) is 150 cm³/mol. The first-order valence-electron chi connectivity index (χ1n) is 12.1. The fourth-order valence-electron chi connectivity index (χ4n) is 4.22. The smallest absolute Gasteiger partial charge is 0.282 e. The van der Waals surface area contributed by atoms with Crippen LogP contribution >= 0.6 is 15.9 Å². The Labute approximate surface area is 222 Å². The molecule has 0 saturated carbocycles. The number of aromatic nitrogens is 2. The van der Waals surface area contributed by atoms with Gasteiger partial charge in [0, 0.05) is 16.0 Å². The normalized spacial score (nSPS) is 12.4. The topological polar surface area (TPSA) is 56.5 Å². The van der Waals surface area contributed by atoms with Crippen LogP contribution in [0.25, 0.3) is 21.7 Å². The van der Waals surface area contributed by atoms with Crippen molar-refractivity contribution < 1.29 is 9.13 Å². The maximum absolute atomic E-state index is 13.7. The van der Waals surface area contributed by atoms with Crippen LogP contribution in [0.15, 0.2) is 93.2 Å². The molecule has 0 unspecified atom stereocenters. The Balaban J connectivity index is 1.63. The van der Waals surface area contributed by atoms with E-state index in [2.05, 4.69) is 28.0 Å². The van der Waals surface area contributed by atoms with Gasteiger partial charge in [-0.2, -0.15) is 9.78 Å². The van der Waals surface area contributed by atoms with Gasteiger partial charge >= 0.3 is 0 Å². The fraction of sp³-hybridized carbons (Fsp3) is 0.167. The lowest BCUT2D eigenvalue weighted by molar-refractivity contribution is 0.305. The summed E-state index contributed by atoms with van der Waals surface area (Å²) in [5.41, 5.74) is 1.85. The van der Waals surface area contributed by atoms with Crippen LogP contribution in [-0.4, -0.2) is 15.9 Å². The second-order valence-corrected chi connectivity index (χ2v) is 9.84. The number of hydrogen-bond donors (Lipinski definition) is 0. The van der Waals surface area contributed by atoms with Crippen LogP contribution in [0, 0.1) is 5.82 Å². The highest BCUT2D eigenvalue weighted by Crippen LogP contribution is 2.28. The van der Waals surface area contributed by atoms with E-state index in [9.17, 15) is 9.18 Å². The lowest BCUT2D eigenvalue weighted by atomic mass is 10.0. The SMILES string of the molecule is CC[C@@H](C)c1nc2ccc(Br)cc2c(=O)n1N=Cc1c(OCc2cccc(F)c2)ccc2ccccc12. The summed E-state index contributed by atoms with van der Waals surface area (Å²) in [6.45, 7) is 4.28. The first-order chi connectivity index (χ1) is 17.9. The van der Waals surface area contributed by atoms with E-state index < -0.39 is 0 Å². The predicted octanol–water partition coefficient (Wildman–Crippen LogP) is 7.43. The largest absolute Gasteiger partial charge is 0.488 e. The minimum Gasteiger partial charge on any atom is -0.488 e. The van der Waals surface area contributed by atoms with E-state index >= 15 is 0 Å². The van der Waals surface area contributed by atoms with Gasteiger partial charge in [0.05, 0.1) is 17.1 Å². The maximum atomic E-state index is 13.7. The summed E-state index contributed by atoms with van der Waals surface area (Å²) in [5.74, 6) is 0.894. The van der Waals surface area contributed by atoms with E-state index in [-0.39, 0.29) is 23.9 Å². The Morgan fingerprint density at radius 1 is 1.05 bits per heavy atom. The average molecular weight is 558 g/mol. The van der Waals surface area contributed by atoms with Gasteiger partial charge in [-0.05, 0) is 59.2 Å². The second kappa shape index (κ2) is 10.6. The Morgan fingerprint density at radius 3 is 2.70 bits per heavy atom. The molecule has 0 radical (unpaired) electrons. The molecule has 1 atom stereocenters. The van der Waals surface area contributed by atoms with Gasteiger partial charge in [0.1, 0.15) is 24.0 Å². The Kier molecular flexibility index (Phi) is 7.15. The van der Waals surface area contributed by atoms with E-state index in [0.717, 1.165) is 32.8 Å². The van der Waals surface area contributed by atoms with Crippen molar-refractivity contribution in [2.45, 2.75) is 32.8 Å². The van der Waals surface area contributed by atoms with Crippen LogP contribution in [0.5, 0.6) is 5.75 Å². The van der Waals surface area contributed by atoms with E-state index in [1.54, 1.807) is 18.3 Å². The molecule has 0 aliphatic carbocycles. The standard InChI is InChI=1S/C30H25BrFN3O2/c1-3-19(2)29-34-27-13-12-22(31)16-25(27)30(36)35(29)33-17-26-24-10-5-4-8-21(24)11-14-28(26)37-18-20-7-6-9-23(32)15-20/h4-17,19H,3,18H2,1-2H3/t19-/m1/s1. The van der Waals surface area contributed by atoms with E-state index in [1.807, 2.05) is 61.5 Å². The van der Waals surface area contributed by atoms with Crippen LogP contribution in [0.2, 0.25) is 0 Å². The lowest BCUT2D eigenvalue weighted by Crippen LogP contribution is -2.23. The van der Waals surface area contributed by atoms with E-state index in [1.165, 1.54) is 16.8 Å². The van der Waals surface area contributed by atoms with E-state index in [4.69, 9.17) is 9.72 Å². The number of fused-ring (bicyclic) bond motifs is 2. The quantitative estimate of drug-likeness (QED) is 0.195. The Hall–Kier alpha value is -3.84. The van der Waals surface area contributed by atoms with Gasteiger partial charge in [0.2, 0.25) is 0 Å². The maximum Gasteiger partial charge on any atom is 0.282 e. The zero-order chi connectivity index (χ0) is 25.9. The molecule has 0 aliphatic rings. The fourth-order valence-corrected chi connectivity index (χ4v) is 4.58. The molecule has 0 amide bonds. The van der Waals surface area contributed by atoms with Crippen LogP contribution in [0.4, 0.5) is 4.39 Å². The molecule has 37 heavy (non-hydrogen) atoms. The summed E-state index contributed by atoms with van der Waals surface area (Å²) >= 11 is 3.45. The molecule has 7 heteroatoms. The van der Waals surface area contributed by atoms with Gasteiger partial charge < -0.3 is 4.74 Å². The van der Waals surface area contributed by atoms with Crippen molar-refractivity contribution in [3.63, 3.8) is 0 Å². The molecule has 0 fully saturated rings. The van der Waals surface area contributed by atoms with Crippen LogP contribution in [-0.2, 0) is 6.61 Å². The minimum absolute atomic E-state index is 0.0223. The molecule has 1 aromatic heterocycles. The number of benzene rings is 4. The molecule has 0 N–H and O–H groups in total. The molecule has 0 spiro atoms. The number of ether oxygens (including phenoxy) is 1. The third-order valence-electron chi connectivity index (χ3n) is 6.40. The van der Waals surface area contributed by atoms with Crippen molar-refractivity contribution in [2.75, 3.05) is 0 Å². The monoisotopic (exact) mass is 557 g/mol. The molecule has 4 aromatic carbocycles. The Morgan fingerprint density at radius 2 is 1.89 bits per heavy atom. The summed E-state index contributed by atoms with van der Waals surface area (Å²) in [6.07, 6.45) is 2.46. The average Bonchev–Trinajstić information content (AvgIpc) is 2.91. The van der Waals surface area contributed by atoms with Gasteiger partial charge in [-0.1, -0.05) is 72.2 Å². The van der Waals surface area contributed by atoms with Gasteiger partial charge in [0.15, 0.2) is 0 Å². The lowest BCUT2D eigenvalue weighted by Gasteiger charge is -2.15. The molecule has 0 aliphatic heterocycles. The van der Waals surface area contributed by atoms with Gasteiger partial charge in [-0.3, -0.25) is 4.79 Å². The summed E-state index contributed by atoms with van der Waals surface area (Å²) < 4.78 is 22.0. The third kappa shape index (κ3) is 5.18. The highest BCUT2D eigenvalue weighted by Gasteiger charge is 2.16. The first kappa shape index (κ1) is 24.8. The highest BCUT2D eigenvalue weighted by atomic mass is 79.9. The zero-order valence-corrected chi connectivity index (χ0v) is 22.1. The molecule has 5 aromatic rings. The minimum atomic E-state index is -0.311. The molecular formula is C30H25BrFN3O2. The molecule has 0 bridgehead atoms. The van der Waals surface area contributed by atoms with Gasteiger partial charge in [-0.25, -0.2) is 9.37 Å². The zero-order valence-electron chi connectivity index (χ0n) is 20.5. The molecule has 5 rings (SSSR count). The van der Waals surface area contributed by atoms with Gasteiger partial charge in [0.25, 0.3) is 5.56 Å². The molecule has 186 valence electrons. The summed E-state index contributed by atoms with van der Waals surface area (Å²) in [5, 5.41) is 7.09. The van der Waals surface area contributed by atoms with Gasteiger partial charge in [-0.15, -0.1) is 0 Å². The number of halogens is 2. The number of nitrogens with zero attached hydrogens (tertiary/aromatic N) is 3. The number of hydrogen-bond acceptors (Lipinski definition) is 4. The van der Waals surface area contributed by atoms with Crippen LogP contribution in [0.3, 0.4) is 0 Å². The summed E-state index contributed by atoms with van der Waals surface area (Å²) in [7, 11) is 0. The molecule has 5 nitrogen and oxygen atoms in total. The first-order valence-corrected chi connectivity index (χ1v) is 12.9. The summed E-state index contributed by atoms with van der Waals surface area (Å²) in [6, 6.07) is 23.6. The molecular weight excluding hydrogens is 533 g/mol. The van der Waals surface area contributed by atoms with Crippen LogP contribution in [0.1, 0.15) is 43.1 Å². The van der Waals surface area contributed by atoms with Crippen molar-refractivity contribution in [3.8, 4) is 5.75 Å². The van der Waals surface area contributed by atoms with Crippen molar-refractivity contribution in [1.82, 2.24) is 9.66 Å². The summed E-state index contributed by atoms with van der Waals surface area (Å²) in [4.78, 5) is 18.3. The number of rotatable bonds is 7. The molecule has 0 saturated heterocycles. The Bertz CT molecular complexity index is 1700. The highest BCUT2D eigenvalue weighted by molar-refractivity contribution is 9.10. The van der Waals surface area contributed by atoms with E-state index in [0.29, 0.717) is 22.5 Å². The van der Waals surface area contributed by atoms with Crippen molar-refractivity contribution >= 4 is 43.8 Å². The molecule has 1 heterocycles. The van der Waals surface area contributed by atoms with Crippen molar-refractivity contribution in [1.29, 1.82) is 0 Å². The third-order valence-corrected chi connectivity index (χ3v) is 6.90.